The maximum Gasteiger partial charge on any atom is 0.271 e. The smallest absolute Gasteiger partial charge is 0.271 e. The van der Waals surface area contributed by atoms with Crippen molar-refractivity contribution in [2.75, 3.05) is 7.11 Å². The molecule has 2 aromatic rings. The Morgan fingerprint density at radius 2 is 1.88 bits per heavy atom. The molecule has 0 saturated heterocycles. The summed E-state index contributed by atoms with van der Waals surface area (Å²) in [6.45, 7) is 1.58. The van der Waals surface area contributed by atoms with Crippen molar-refractivity contribution in [1.82, 2.24) is 0 Å². The Hall–Kier alpha value is -2.03. The van der Waals surface area contributed by atoms with Gasteiger partial charge >= 0.3 is 0 Å². The molecule has 0 aliphatic rings. The van der Waals surface area contributed by atoms with Crippen LogP contribution in [-0.2, 0) is 9.05 Å². The SMILES string of the molecule is COc1ccc(Oc2c(C)cc([N+](=O)[O-])cc2Cl)cc1S(=O)(=O)Cl. The van der Waals surface area contributed by atoms with Gasteiger partial charge in [0, 0.05) is 34.4 Å². The molecule has 24 heavy (non-hydrogen) atoms. The Bertz CT molecular complexity index is 890. The van der Waals surface area contributed by atoms with Crippen molar-refractivity contribution in [3.63, 3.8) is 0 Å². The summed E-state index contributed by atoms with van der Waals surface area (Å²) in [5.41, 5.74) is 0.240. The summed E-state index contributed by atoms with van der Waals surface area (Å²) < 4.78 is 33.7. The molecule has 0 saturated carbocycles. The standard InChI is InChI=1S/C14H11Cl2NO6S/c1-8-5-9(17(18)19)6-11(15)14(8)23-10-3-4-12(22-2)13(7-10)24(16,20)21/h3-7H,1-2H3. The third-order valence-electron chi connectivity index (χ3n) is 3.04. The van der Waals surface area contributed by atoms with E-state index in [1.807, 2.05) is 0 Å². The highest BCUT2D eigenvalue weighted by Gasteiger charge is 2.20. The van der Waals surface area contributed by atoms with Crippen LogP contribution >= 0.6 is 22.3 Å². The van der Waals surface area contributed by atoms with E-state index in [1.54, 1.807) is 6.92 Å². The van der Waals surface area contributed by atoms with Gasteiger partial charge in [0.05, 0.1) is 17.1 Å². The van der Waals surface area contributed by atoms with Crippen LogP contribution in [0.1, 0.15) is 5.56 Å². The van der Waals surface area contributed by atoms with Crippen molar-refractivity contribution in [2.45, 2.75) is 11.8 Å². The van der Waals surface area contributed by atoms with E-state index >= 15 is 0 Å². The minimum absolute atomic E-state index is 0.0211. The number of hydrogen-bond donors (Lipinski definition) is 0. The molecule has 0 atom stereocenters. The van der Waals surface area contributed by atoms with Crippen molar-refractivity contribution in [2.24, 2.45) is 0 Å². The Labute approximate surface area is 147 Å². The fourth-order valence-electron chi connectivity index (χ4n) is 1.98. The second-order valence-electron chi connectivity index (χ2n) is 4.68. The van der Waals surface area contributed by atoms with Crippen LogP contribution < -0.4 is 9.47 Å². The molecule has 0 aliphatic heterocycles. The number of hydrogen-bond acceptors (Lipinski definition) is 6. The monoisotopic (exact) mass is 391 g/mol. The Morgan fingerprint density at radius 1 is 1.21 bits per heavy atom. The predicted molar refractivity (Wildman–Crippen MR) is 89.0 cm³/mol. The van der Waals surface area contributed by atoms with E-state index in [9.17, 15) is 18.5 Å². The van der Waals surface area contributed by atoms with Crippen LogP contribution in [0.2, 0.25) is 5.02 Å². The molecule has 0 bridgehead atoms. The van der Waals surface area contributed by atoms with Gasteiger partial charge in [-0.05, 0) is 19.1 Å². The Kier molecular flexibility index (Phi) is 5.22. The van der Waals surface area contributed by atoms with Gasteiger partial charge in [0.15, 0.2) is 0 Å². The number of rotatable bonds is 5. The summed E-state index contributed by atoms with van der Waals surface area (Å²) in [6.07, 6.45) is 0. The van der Waals surface area contributed by atoms with Gasteiger partial charge in [-0.3, -0.25) is 10.1 Å². The number of benzene rings is 2. The minimum atomic E-state index is -4.05. The number of non-ortho nitro benzene ring substituents is 1. The molecule has 128 valence electrons. The fraction of sp³-hybridized carbons (Fsp3) is 0.143. The summed E-state index contributed by atoms with van der Waals surface area (Å²) in [7, 11) is 2.62. The van der Waals surface area contributed by atoms with Crippen LogP contribution in [0.4, 0.5) is 5.69 Å². The maximum absolute atomic E-state index is 11.6. The van der Waals surface area contributed by atoms with Gasteiger partial charge in [0.2, 0.25) is 0 Å². The lowest BCUT2D eigenvalue weighted by Gasteiger charge is -2.12. The van der Waals surface area contributed by atoms with E-state index in [0.29, 0.717) is 5.56 Å². The second kappa shape index (κ2) is 6.84. The Balaban J connectivity index is 2.48. The first kappa shape index (κ1) is 18.3. The number of aryl methyl sites for hydroxylation is 1. The topological polar surface area (TPSA) is 95.7 Å². The minimum Gasteiger partial charge on any atom is -0.495 e. The molecular formula is C14H11Cl2NO6S. The zero-order chi connectivity index (χ0) is 18.1. The molecule has 0 fully saturated rings. The molecule has 7 nitrogen and oxygen atoms in total. The molecule has 2 aromatic carbocycles. The van der Waals surface area contributed by atoms with Crippen molar-refractivity contribution in [1.29, 1.82) is 0 Å². The van der Waals surface area contributed by atoms with E-state index in [0.717, 1.165) is 6.07 Å². The van der Waals surface area contributed by atoms with Crippen LogP contribution in [0.5, 0.6) is 17.2 Å². The summed E-state index contributed by atoms with van der Waals surface area (Å²) in [5, 5.41) is 10.8. The first-order valence-corrected chi connectivity index (χ1v) is 9.07. The van der Waals surface area contributed by atoms with Gasteiger partial charge in [0.25, 0.3) is 14.7 Å². The van der Waals surface area contributed by atoms with Gasteiger partial charge in [-0.1, -0.05) is 11.6 Å². The molecule has 2 rings (SSSR count). The van der Waals surface area contributed by atoms with E-state index in [1.165, 1.54) is 31.4 Å². The number of halogens is 2. The van der Waals surface area contributed by atoms with Gasteiger partial charge in [-0.25, -0.2) is 8.42 Å². The van der Waals surface area contributed by atoms with Crippen LogP contribution in [-0.4, -0.2) is 20.5 Å². The highest BCUT2D eigenvalue weighted by Crippen LogP contribution is 2.38. The lowest BCUT2D eigenvalue weighted by Crippen LogP contribution is -1.98. The lowest BCUT2D eigenvalue weighted by molar-refractivity contribution is -0.384. The summed E-state index contributed by atoms with van der Waals surface area (Å²) >= 11 is 6.02. The van der Waals surface area contributed by atoms with E-state index in [4.69, 9.17) is 31.8 Å². The van der Waals surface area contributed by atoms with E-state index in [-0.39, 0.29) is 32.9 Å². The first-order chi connectivity index (χ1) is 11.1. The number of methoxy groups -OCH3 is 1. The van der Waals surface area contributed by atoms with Crippen LogP contribution in [0.15, 0.2) is 35.2 Å². The number of nitrogens with zero attached hydrogens (tertiary/aromatic N) is 1. The summed E-state index contributed by atoms with van der Waals surface area (Å²) in [4.78, 5) is 9.97. The average molecular weight is 392 g/mol. The van der Waals surface area contributed by atoms with Crippen LogP contribution in [0, 0.1) is 17.0 Å². The van der Waals surface area contributed by atoms with Crippen molar-refractivity contribution in [3.8, 4) is 17.2 Å². The molecule has 0 spiro atoms. The van der Waals surface area contributed by atoms with E-state index < -0.39 is 14.0 Å². The van der Waals surface area contributed by atoms with Crippen molar-refractivity contribution in [3.05, 3.63) is 51.0 Å². The highest BCUT2D eigenvalue weighted by atomic mass is 35.7. The third-order valence-corrected chi connectivity index (χ3v) is 4.67. The average Bonchev–Trinajstić information content (AvgIpc) is 2.49. The molecular weight excluding hydrogens is 381 g/mol. The number of nitro benzene ring substituents is 1. The second-order valence-corrected chi connectivity index (χ2v) is 7.62. The zero-order valence-corrected chi connectivity index (χ0v) is 14.8. The third kappa shape index (κ3) is 3.89. The van der Waals surface area contributed by atoms with Crippen molar-refractivity contribution >= 4 is 37.0 Å². The van der Waals surface area contributed by atoms with Gasteiger partial charge < -0.3 is 9.47 Å². The Morgan fingerprint density at radius 3 is 2.38 bits per heavy atom. The molecule has 0 heterocycles. The molecule has 10 heteroatoms. The molecule has 0 aliphatic carbocycles. The number of ether oxygens (including phenoxy) is 2. The van der Waals surface area contributed by atoms with E-state index in [2.05, 4.69) is 0 Å². The quantitative estimate of drug-likeness (QED) is 0.428. The summed E-state index contributed by atoms with van der Waals surface area (Å²) in [5.74, 6) is 0.364. The predicted octanol–water partition coefficient (Wildman–Crippen LogP) is 4.29. The largest absolute Gasteiger partial charge is 0.495 e. The maximum atomic E-state index is 11.6. The first-order valence-electron chi connectivity index (χ1n) is 6.38. The summed E-state index contributed by atoms with van der Waals surface area (Å²) in [6, 6.07) is 6.45. The normalized spacial score (nSPS) is 11.2. The van der Waals surface area contributed by atoms with Crippen LogP contribution in [0.25, 0.3) is 0 Å². The fourth-order valence-corrected chi connectivity index (χ4v) is 3.29. The molecule has 0 N–H and O–H groups in total. The van der Waals surface area contributed by atoms with Crippen LogP contribution in [0.3, 0.4) is 0 Å². The van der Waals surface area contributed by atoms with Gasteiger partial charge in [-0.2, -0.15) is 0 Å². The van der Waals surface area contributed by atoms with Gasteiger partial charge in [-0.15, -0.1) is 0 Å². The molecule has 0 radical (unpaired) electrons. The molecule has 0 amide bonds. The van der Waals surface area contributed by atoms with Gasteiger partial charge in [0.1, 0.15) is 22.1 Å². The lowest BCUT2D eigenvalue weighted by atomic mass is 10.2. The highest BCUT2D eigenvalue weighted by molar-refractivity contribution is 8.13. The van der Waals surface area contributed by atoms with Crippen molar-refractivity contribution < 1.29 is 22.8 Å². The molecule has 0 aromatic heterocycles. The zero-order valence-electron chi connectivity index (χ0n) is 12.4. The molecule has 0 unspecified atom stereocenters. The number of nitro groups is 1.